The maximum absolute atomic E-state index is 5.28. The van der Waals surface area contributed by atoms with Gasteiger partial charge < -0.3 is 5.32 Å². The number of anilines is 2. The first-order chi connectivity index (χ1) is 8.62. The van der Waals surface area contributed by atoms with Crippen molar-refractivity contribution in [2.24, 2.45) is 5.84 Å². The Kier molecular flexibility index (Phi) is 3.78. The molecule has 18 heavy (non-hydrogen) atoms. The standard InChI is InChI=1S/C12H17N5S/c1-12(2,9-4-3-7-18-9)8-15-10-5-6-14-11(16-10)17-13/h3-7H,8,13H2,1-2H3,(H2,14,15,16,17). The van der Waals surface area contributed by atoms with Gasteiger partial charge in [0.15, 0.2) is 0 Å². The van der Waals surface area contributed by atoms with Crippen LogP contribution < -0.4 is 16.6 Å². The largest absolute Gasteiger partial charge is 0.369 e. The summed E-state index contributed by atoms with van der Waals surface area (Å²) in [5.41, 5.74) is 2.50. The summed E-state index contributed by atoms with van der Waals surface area (Å²) >= 11 is 1.77. The highest BCUT2D eigenvalue weighted by Crippen LogP contribution is 2.27. The van der Waals surface area contributed by atoms with Crippen LogP contribution in [0.1, 0.15) is 18.7 Å². The Morgan fingerprint density at radius 2 is 2.22 bits per heavy atom. The van der Waals surface area contributed by atoms with Crippen LogP contribution in [-0.4, -0.2) is 16.5 Å². The van der Waals surface area contributed by atoms with E-state index >= 15 is 0 Å². The van der Waals surface area contributed by atoms with Gasteiger partial charge in [0.25, 0.3) is 0 Å². The number of hydrazine groups is 1. The highest BCUT2D eigenvalue weighted by molar-refractivity contribution is 7.10. The van der Waals surface area contributed by atoms with Crippen molar-refractivity contribution in [1.29, 1.82) is 0 Å². The lowest BCUT2D eigenvalue weighted by Crippen LogP contribution is -2.27. The van der Waals surface area contributed by atoms with Gasteiger partial charge in [-0.05, 0) is 17.5 Å². The summed E-state index contributed by atoms with van der Waals surface area (Å²) in [6.07, 6.45) is 1.67. The van der Waals surface area contributed by atoms with Crippen LogP contribution in [0, 0.1) is 0 Å². The highest BCUT2D eigenvalue weighted by atomic mass is 32.1. The summed E-state index contributed by atoms with van der Waals surface area (Å²) in [6.45, 7) is 5.21. The summed E-state index contributed by atoms with van der Waals surface area (Å²) in [5.74, 6) is 6.45. The molecule has 2 aromatic rings. The maximum Gasteiger partial charge on any atom is 0.239 e. The number of nitrogens with two attached hydrogens (primary N) is 1. The van der Waals surface area contributed by atoms with E-state index in [-0.39, 0.29) is 5.41 Å². The first kappa shape index (κ1) is 12.8. The molecule has 2 aromatic heterocycles. The van der Waals surface area contributed by atoms with E-state index in [0.717, 1.165) is 12.4 Å². The van der Waals surface area contributed by atoms with Crippen LogP contribution in [0.4, 0.5) is 11.8 Å². The van der Waals surface area contributed by atoms with Crippen molar-refractivity contribution in [3.8, 4) is 0 Å². The van der Waals surface area contributed by atoms with E-state index in [2.05, 4.69) is 52.1 Å². The zero-order valence-electron chi connectivity index (χ0n) is 10.5. The smallest absolute Gasteiger partial charge is 0.239 e. The lowest BCUT2D eigenvalue weighted by Gasteiger charge is -2.24. The van der Waals surface area contributed by atoms with Crippen LogP contribution in [0.25, 0.3) is 0 Å². The van der Waals surface area contributed by atoms with Gasteiger partial charge in [0, 0.05) is 23.0 Å². The number of aromatic nitrogens is 2. The third kappa shape index (κ3) is 2.96. The molecule has 0 aliphatic rings. The van der Waals surface area contributed by atoms with Crippen LogP contribution in [0.5, 0.6) is 0 Å². The molecule has 0 spiro atoms. The van der Waals surface area contributed by atoms with E-state index in [1.807, 2.05) is 6.07 Å². The third-order valence-corrected chi connectivity index (χ3v) is 3.92. The Labute approximate surface area is 110 Å². The lowest BCUT2D eigenvalue weighted by atomic mass is 9.91. The van der Waals surface area contributed by atoms with Gasteiger partial charge in [-0.25, -0.2) is 10.8 Å². The average Bonchev–Trinajstić information content (AvgIpc) is 2.91. The van der Waals surface area contributed by atoms with Crippen molar-refractivity contribution in [2.45, 2.75) is 19.3 Å². The summed E-state index contributed by atoms with van der Waals surface area (Å²) in [5, 5.41) is 5.40. The number of nitrogens with zero attached hydrogens (tertiary/aromatic N) is 2. The van der Waals surface area contributed by atoms with Crippen LogP contribution in [0.3, 0.4) is 0 Å². The van der Waals surface area contributed by atoms with Crippen LogP contribution in [0.2, 0.25) is 0 Å². The molecule has 6 heteroatoms. The normalized spacial score (nSPS) is 11.3. The number of nitrogen functional groups attached to an aromatic ring is 1. The number of hydrogen-bond donors (Lipinski definition) is 3. The quantitative estimate of drug-likeness (QED) is 0.569. The van der Waals surface area contributed by atoms with Gasteiger partial charge in [-0.1, -0.05) is 19.9 Å². The number of hydrogen-bond acceptors (Lipinski definition) is 6. The molecule has 0 fully saturated rings. The Morgan fingerprint density at radius 1 is 1.39 bits per heavy atom. The molecule has 0 amide bonds. The third-order valence-electron chi connectivity index (χ3n) is 2.68. The molecule has 5 nitrogen and oxygen atoms in total. The molecule has 0 bridgehead atoms. The molecule has 2 heterocycles. The molecule has 0 radical (unpaired) electrons. The second-order valence-corrected chi connectivity index (χ2v) is 5.57. The fourth-order valence-electron chi connectivity index (χ4n) is 1.59. The molecule has 0 saturated heterocycles. The van der Waals surface area contributed by atoms with Crippen molar-refractivity contribution in [3.63, 3.8) is 0 Å². The van der Waals surface area contributed by atoms with E-state index in [9.17, 15) is 0 Å². The Balaban J connectivity index is 2.02. The molecule has 0 unspecified atom stereocenters. The van der Waals surface area contributed by atoms with E-state index in [1.165, 1.54) is 4.88 Å². The minimum absolute atomic E-state index is 0.0649. The van der Waals surface area contributed by atoms with Crippen molar-refractivity contribution in [1.82, 2.24) is 9.97 Å². The zero-order chi connectivity index (χ0) is 13.0. The predicted molar refractivity (Wildman–Crippen MR) is 75.7 cm³/mol. The van der Waals surface area contributed by atoms with E-state index in [1.54, 1.807) is 17.5 Å². The maximum atomic E-state index is 5.28. The molecule has 4 N–H and O–H groups in total. The molecule has 0 aromatic carbocycles. The monoisotopic (exact) mass is 263 g/mol. The van der Waals surface area contributed by atoms with Crippen molar-refractivity contribution in [3.05, 3.63) is 34.7 Å². The molecule has 0 saturated carbocycles. The van der Waals surface area contributed by atoms with Gasteiger partial charge in [-0.15, -0.1) is 11.3 Å². The fraction of sp³-hybridized carbons (Fsp3) is 0.333. The van der Waals surface area contributed by atoms with Gasteiger partial charge in [0.1, 0.15) is 5.82 Å². The number of thiophene rings is 1. The van der Waals surface area contributed by atoms with Gasteiger partial charge in [-0.3, -0.25) is 5.43 Å². The number of nitrogens with one attached hydrogen (secondary N) is 2. The average molecular weight is 263 g/mol. The van der Waals surface area contributed by atoms with E-state index in [0.29, 0.717) is 5.95 Å². The van der Waals surface area contributed by atoms with Gasteiger partial charge in [0.05, 0.1) is 0 Å². The zero-order valence-corrected chi connectivity index (χ0v) is 11.3. The summed E-state index contributed by atoms with van der Waals surface area (Å²) in [7, 11) is 0. The first-order valence-electron chi connectivity index (χ1n) is 5.69. The molecule has 96 valence electrons. The second-order valence-electron chi connectivity index (χ2n) is 4.62. The van der Waals surface area contributed by atoms with Crippen molar-refractivity contribution < 1.29 is 0 Å². The SMILES string of the molecule is CC(C)(CNc1ccnc(NN)n1)c1cccs1. The van der Waals surface area contributed by atoms with Crippen LogP contribution >= 0.6 is 11.3 Å². The van der Waals surface area contributed by atoms with E-state index < -0.39 is 0 Å². The molecular formula is C12H17N5S. The summed E-state index contributed by atoms with van der Waals surface area (Å²) in [4.78, 5) is 9.54. The summed E-state index contributed by atoms with van der Waals surface area (Å²) in [6, 6.07) is 6.05. The lowest BCUT2D eigenvalue weighted by molar-refractivity contribution is 0.568. The van der Waals surface area contributed by atoms with Crippen molar-refractivity contribution in [2.75, 3.05) is 17.3 Å². The Bertz CT molecular complexity index is 495. The van der Waals surface area contributed by atoms with Gasteiger partial charge >= 0.3 is 0 Å². The van der Waals surface area contributed by atoms with E-state index in [4.69, 9.17) is 5.84 Å². The predicted octanol–water partition coefficient (Wildman–Crippen LogP) is 2.21. The second kappa shape index (κ2) is 5.32. The minimum atomic E-state index is 0.0649. The van der Waals surface area contributed by atoms with Gasteiger partial charge in [-0.2, -0.15) is 4.98 Å². The summed E-state index contributed by atoms with van der Waals surface area (Å²) < 4.78 is 0. The minimum Gasteiger partial charge on any atom is -0.369 e. The first-order valence-corrected chi connectivity index (χ1v) is 6.57. The molecule has 2 rings (SSSR count). The number of rotatable bonds is 5. The highest BCUT2D eigenvalue weighted by Gasteiger charge is 2.21. The van der Waals surface area contributed by atoms with Crippen LogP contribution in [0.15, 0.2) is 29.8 Å². The fourth-order valence-corrected chi connectivity index (χ4v) is 2.44. The van der Waals surface area contributed by atoms with Crippen LogP contribution in [-0.2, 0) is 5.41 Å². The topological polar surface area (TPSA) is 75.9 Å². The molecule has 0 atom stereocenters. The molecule has 0 aliphatic heterocycles. The Hall–Kier alpha value is -1.66. The Morgan fingerprint density at radius 3 is 2.89 bits per heavy atom. The molecule has 0 aliphatic carbocycles. The van der Waals surface area contributed by atoms with Crippen molar-refractivity contribution >= 4 is 23.1 Å². The van der Waals surface area contributed by atoms with Gasteiger partial charge in [0.2, 0.25) is 5.95 Å². The molecular weight excluding hydrogens is 246 g/mol.